The van der Waals surface area contributed by atoms with Crippen LogP contribution in [0.25, 0.3) is 0 Å². The second-order valence-electron chi connectivity index (χ2n) is 5.63. The molecule has 0 radical (unpaired) electrons. The molecule has 1 N–H and O–H groups in total. The summed E-state index contributed by atoms with van der Waals surface area (Å²) in [5.74, 6) is -0.350. The van der Waals surface area contributed by atoms with Crippen LogP contribution in [0.1, 0.15) is 52.1 Å². The van der Waals surface area contributed by atoms with Crippen molar-refractivity contribution in [3.8, 4) is 0 Å². The fraction of sp³-hybridized carbons (Fsp3) is 0.647. The van der Waals surface area contributed by atoms with Gasteiger partial charge in [-0.05, 0) is 64.0 Å². The predicted octanol–water partition coefficient (Wildman–Crippen LogP) is 4.64. The monoisotopic (exact) mass is 314 g/mol. The molecule has 0 bridgehead atoms. The molecule has 0 spiro atoms. The number of benzene rings is 1. The largest absolute Gasteiger partial charge is 0.308 e. The maximum atomic E-state index is 13.5. The van der Waals surface area contributed by atoms with Crippen molar-refractivity contribution in [1.29, 1.82) is 0 Å². The summed E-state index contributed by atoms with van der Waals surface area (Å²) in [6, 6.07) is 5.55. The van der Waals surface area contributed by atoms with Crippen molar-refractivity contribution in [3.05, 3.63) is 34.6 Å². The number of halogens is 2. The number of hydrogen-bond acceptors (Lipinski definition) is 2. The van der Waals surface area contributed by atoms with Gasteiger partial charge in [-0.2, -0.15) is 0 Å². The molecule has 0 saturated heterocycles. The molecule has 2 nitrogen and oxygen atoms in total. The van der Waals surface area contributed by atoms with Crippen LogP contribution in [0.4, 0.5) is 4.39 Å². The number of nitrogens with zero attached hydrogens (tertiary/aromatic N) is 1. The topological polar surface area (TPSA) is 15.3 Å². The van der Waals surface area contributed by atoms with Crippen LogP contribution in [0, 0.1) is 5.82 Å². The summed E-state index contributed by atoms with van der Waals surface area (Å²) in [4.78, 5) is 2.44. The van der Waals surface area contributed by atoms with Crippen molar-refractivity contribution in [2.75, 3.05) is 19.6 Å². The van der Waals surface area contributed by atoms with Gasteiger partial charge in [-0.15, -0.1) is 0 Å². The SMILES string of the molecule is CCN(CC)CCCC(C)NC(C)c1ccc(Cl)c(F)c1. The third kappa shape index (κ3) is 6.33. The molecule has 0 heterocycles. The smallest absolute Gasteiger partial charge is 0.142 e. The molecule has 21 heavy (non-hydrogen) atoms. The van der Waals surface area contributed by atoms with Gasteiger partial charge >= 0.3 is 0 Å². The summed E-state index contributed by atoms with van der Waals surface area (Å²) in [5, 5.41) is 3.70. The van der Waals surface area contributed by atoms with Crippen LogP contribution in [-0.2, 0) is 0 Å². The maximum absolute atomic E-state index is 13.5. The normalized spacial score (nSPS) is 14.4. The molecule has 0 aliphatic carbocycles. The molecule has 0 aliphatic heterocycles. The fourth-order valence-electron chi connectivity index (χ4n) is 2.55. The lowest BCUT2D eigenvalue weighted by molar-refractivity contribution is 0.288. The van der Waals surface area contributed by atoms with Crippen LogP contribution < -0.4 is 5.32 Å². The summed E-state index contributed by atoms with van der Waals surface area (Å²) in [5.41, 5.74) is 0.937. The molecular weight excluding hydrogens is 287 g/mol. The van der Waals surface area contributed by atoms with Crippen LogP contribution in [0.2, 0.25) is 5.02 Å². The fourth-order valence-corrected chi connectivity index (χ4v) is 2.67. The van der Waals surface area contributed by atoms with Gasteiger partial charge in [0.1, 0.15) is 5.82 Å². The van der Waals surface area contributed by atoms with E-state index in [1.54, 1.807) is 6.07 Å². The van der Waals surface area contributed by atoms with E-state index >= 15 is 0 Å². The van der Waals surface area contributed by atoms with E-state index in [2.05, 4.69) is 37.9 Å². The quantitative estimate of drug-likeness (QED) is 0.714. The first kappa shape index (κ1) is 18.4. The highest BCUT2D eigenvalue weighted by atomic mass is 35.5. The molecule has 1 aromatic rings. The zero-order valence-electron chi connectivity index (χ0n) is 13.6. The Morgan fingerprint density at radius 3 is 2.48 bits per heavy atom. The van der Waals surface area contributed by atoms with Gasteiger partial charge in [0, 0.05) is 12.1 Å². The van der Waals surface area contributed by atoms with E-state index in [0.717, 1.165) is 31.6 Å². The highest BCUT2D eigenvalue weighted by molar-refractivity contribution is 6.30. The van der Waals surface area contributed by atoms with Crippen LogP contribution >= 0.6 is 11.6 Å². The second-order valence-corrected chi connectivity index (χ2v) is 6.04. The van der Waals surface area contributed by atoms with Crippen molar-refractivity contribution in [2.45, 2.75) is 52.6 Å². The van der Waals surface area contributed by atoms with Crippen LogP contribution in [0.15, 0.2) is 18.2 Å². The summed E-state index contributed by atoms with van der Waals surface area (Å²) in [7, 11) is 0. The van der Waals surface area contributed by atoms with Gasteiger partial charge in [0.2, 0.25) is 0 Å². The minimum absolute atomic E-state index is 0.125. The molecule has 0 amide bonds. The number of nitrogens with one attached hydrogen (secondary N) is 1. The first-order valence-corrected chi connectivity index (χ1v) is 8.29. The molecule has 120 valence electrons. The highest BCUT2D eigenvalue weighted by Gasteiger charge is 2.11. The molecule has 0 fully saturated rings. The van der Waals surface area contributed by atoms with Gasteiger partial charge in [0.25, 0.3) is 0 Å². The minimum atomic E-state index is -0.350. The molecule has 1 aromatic carbocycles. The van der Waals surface area contributed by atoms with Gasteiger partial charge in [0.05, 0.1) is 5.02 Å². The number of hydrogen-bond donors (Lipinski definition) is 1. The Kier molecular flexibility index (Phi) is 8.23. The van der Waals surface area contributed by atoms with E-state index in [4.69, 9.17) is 11.6 Å². The average Bonchev–Trinajstić information content (AvgIpc) is 2.46. The zero-order chi connectivity index (χ0) is 15.8. The standard InChI is InChI=1S/C17H28ClFN2/c1-5-21(6-2)11-7-8-13(3)20-14(4)15-9-10-16(18)17(19)12-15/h9-10,12-14,20H,5-8,11H2,1-4H3. The molecule has 0 saturated carbocycles. The Morgan fingerprint density at radius 2 is 1.90 bits per heavy atom. The lowest BCUT2D eigenvalue weighted by atomic mass is 10.1. The molecular formula is C17H28ClFN2. The van der Waals surface area contributed by atoms with Crippen molar-refractivity contribution < 1.29 is 4.39 Å². The summed E-state index contributed by atoms with van der Waals surface area (Å²) >= 11 is 5.72. The first-order chi connectivity index (χ1) is 9.97. The van der Waals surface area contributed by atoms with E-state index in [-0.39, 0.29) is 16.9 Å². The van der Waals surface area contributed by atoms with E-state index in [1.807, 2.05) is 6.07 Å². The predicted molar refractivity (Wildman–Crippen MR) is 89.4 cm³/mol. The van der Waals surface area contributed by atoms with E-state index < -0.39 is 0 Å². The summed E-state index contributed by atoms with van der Waals surface area (Å²) < 4.78 is 13.5. The Morgan fingerprint density at radius 1 is 1.24 bits per heavy atom. The van der Waals surface area contributed by atoms with E-state index in [9.17, 15) is 4.39 Å². The van der Waals surface area contributed by atoms with Crippen molar-refractivity contribution in [1.82, 2.24) is 10.2 Å². The Labute approximate surface area is 133 Å². The second kappa shape index (κ2) is 9.39. The van der Waals surface area contributed by atoms with Crippen molar-refractivity contribution >= 4 is 11.6 Å². The van der Waals surface area contributed by atoms with Gasteiger partial charge in [0.15, 0.2) is 0 Å². The van der Waals surface area contributed by atoms with Crippen LogP contribution in [0.5, 0.6) is 0 Å². The van der Waals surface area contributed by atoms with Gasteiger partial charge in [-0.25, -0.2) is 4.39 Å². The zero-order valence-corrected chi connectivity index (χ0v) is 14.4. The highest BCUT2D eigenvalue weighted by Crippen LogP contribution is 2.20. The molecule has 2 unspecified atom stereocenters. The molecule has 2 atom stereocenters. The van der Waals surface area contributed by atoms with Crippen molar-refractivity contribution in [2.24, 2.45) is 0 Å². The summed E-state index contributed by atoms with van der Waals surface area (Å²) in [6.45, 7) is 12.0. The lowest BCUT2D eigenvalue weighted by Crippen LogP contribution is -2.31. The third-order valence-electron chi connectivity index (χ3n) is 3.98. The molecule has 0 aromatic heterocycles. The van der Waals surface area contributed by atoms with Crippen molar-refractivity contribution in [3.63, 3.8) is 0 Å². The maximum Gasteiger partial charge on any atom is 0.142 e. The minimum Gasteiger partial charge on any atom is -0.308 e. The average molecular weight is 315 g/mol. The van der Waals surface area contributed by atoms with E-state index in [1.165, 1.54) is 12.5 Å². The molecule has 4 heteroatoms. The Hall–Kier alpha value is -0.640. The third-order valence-corrected chi connectivity index (χ3v) is 4.29. The van der Waals surface area contributed by atoms with E-state index in [0.29, 0.717) is 6.04 Å². The first-order valence-electron chi connectivity index (χ1n) is 7.91. The molecule has 1 rings (SSSR count). The van der Waals surface area contributed by atoms with Crippen LogP contribution in [-0.4, -0.2) is 30.6 Å². The van der Waals surface area contributed by atoms with Gasteiger partial charge in [-0.3, -0.25) is 0 Å². The van der Waals surface area contributed by atoms with Crippen LogP contribution in [0.3, 0.4) is 0 Å². The lowest BCUT2D eigenvalue weighted by Gasteiger charge is -2.22. The Bertz CT molecular complexity index is 421. The summed E-state index contributed by atoms with van der Waals surface area (Å²) in [6.07, 6.45) is 2.30. The number of rotatable bonds is 9. The van der Waals surface area contributed by atoms with Gasteiger partial charge < -0.3 is 10.2 Å². The molecule has 0 aliphatic rings. The Balaban J connectivity index is 2.39. The van der Waals surface area contributed by atoms with Gasteiger partial charge in [-0.1, -0.05) is 31.5 Å².